The van der Waals surface area contributed by atoms with E-state index in [4.69, 9.17) is 5.26 Å². The Labute approximate surface area is 144 Å². The van der Waals surface area contributed by atoms with Crippen molar-refractivity contribution in [2.75, 3.05) is 12.4 Å². The lowest BCUT2D eigenvalue weighted by molar-refractivity contribution is 0.0962. The first kappa shape index (κ1) is 17.9. The highest BCUT2D eigenvalue weighted by atomic mass is 19.1. The van der Waals surface area contributed by atoms with E-state index in [0.717, 1.165) is 0 Å². The number of amides is 3. The fourth-order valence-electron chi connectivity index (χ4n) is 2.27. The second-order valence-corrected chi connectivity index (χ2v) is 5.28. The normalized spacial score (nSPS) is 9.84. The molecule has 7 heteroatoms. The molecule has 0 heterocycles. The first-order chi connectivity index (χ1) is 12.0. The number of anilines is 1. The Kier molecular flexibility index (Phi) is 5.69. The molecule has 0 radical (unpaired) electrons. The summed E-state index contributed by atoms with van der Waals surface area (Å²) in [4.78, 5) is 23.8. The molecule has 0 saturated carbocycles. The van der Waals surface area contributed by atoms with Crippen LogP contribution in [-0.4, -0.2) is 19.0 Å². The second kappa shape index (κ2) is 7.93. The van der Waals surface area contributed by atoms with Crippen molar-refractivity contribution in [2.24, 2.45) is 0 Å². The van der Waals surface area contributed by atoms with Crippen molar-refractivity contribution in [2.45, 2.75) is 13.5 Å². The highest BCUT2D eigenvalue weighted by Gasteiger charge is 2.12. The van der Waals surface area contributed by atoms with Crippen LogP contribution < -0.4 is 16.0 Å². The monoisotopic (exact) mass is 340 g/mol. The molecule has 3 N–H and O–H groups in total. The van der Waals surface area contributed by atoms with E-state index in [2.05, 4.69) is 16.0 Å². The van der Waals surface area contributed by atoms with Crippen LogP contribution in [0.4, 0.5) is 14.9 Å². The maximum absolute atomic E-state index is 13.7. The molecule has 0 bridgehead atoms. The molecule has 6 nitrogen and oxygen atoms in total. The van der Waals surface area contributed by atoms with Gasteiger partial charge in [0.2, 0.25) is 0 Å². The summed E-state index contributed by atoms with van der Waals surface area (Å²) in [5, 5.41) is 16.5. The lowest BCUT2D eigenvalue weighted by atomic mass is 10.1. The Morgan fingerprint density at radius 1 is 1.24 bits per heavy atom. The van der Waals surface area contributed by atoms with Gasteiger partial charge in [0.25, 0.3) is 5.91 Å². The van der Waals surface area contributed by atoms with Gasteiger partial charge < -0.3 is 16.0 Å². The Morgan fingerprint density at radius 2 is 2.00 bits per heavy atom. The van der Waals surface area contributed by atoms with Gasteiger partial charge >= 0.3 is 6.03 Å². The standard InChI is InChI=1S/C18H17FN4O2/c1-11-14(17(24)21-2)4-3-5-16(11)23-18(25)22-10-13-8-12(9-20)6-7-15(13)19/h3-8H,10H2,1-2H3,(H,21,24)(H2,22,23,25). The number of carbonyl (C=O) groups excluding carboxylic acids is 2. The van der Waals surface area contributed by atoms with Gasteiger partial charge in [-0.25, -0.2) is 9.18 Å². The molecule has 25 heavy (non-hydrogen) atoms. The van der Waals surface area contributed by atoms with Gasteiger partial charge in [-0.1, -0.05) is 6.07 Å². The molecule has 0 aliphatic carbocycles. The molecule has 0 unspecified atom stereocenters. The third-order valence-corrected chi connectivity index (χ3v) is 3.67. The first-order valence-electron chi connectivity index (χ1n) is 7.51. The summed E-state index contributed by atoms with van der Waals surface area (Å²) in [5.41, 5.74) is 2.07. The molecule has 2 aromatic rings. The number of carbonyl (C=O) groups is 2. The van der Waals surface area contributed by atoms with Gasteiger partial charge in [0.1, 0.15) is 5.82 Å². The molecular formula is C18H17FN4O2. The zero-order valence-corrected chi connectivity index (χ0v) is 13.8. The van der Waals surface area contributed by atoms with E-state index in [0.29, 0.717) is 22.4 Å². The van der Waals surface area contributed by atoms with Crippen LogP contribution in [0.5, 0.6) is 0 Å². The predicted molar refractivity (Wildman–Crippen MR) is 91.5 cm³/mol. The summed E-state index contributed by atoms with van der Waals surface area (Å²) >= 11 is 0. The van der Waals surface area contributed by atoms with Gasteiger partial charge in [-0.2, -0.15) is 5.26 Å². The first-order valence-corrected chi connectivity index (χ1v) is 7.51. The van der Waals surface area contributed by atoms with E-state index in [1.807, 2.05) is 6.07 Å². The zero-order chi connectivity index (χ0) is 18.4. The lowest BCUT2D eigenvalue weighted by Gasteiger charge is -2.13. The summed E-state index contributed by atoms with van der Waals surface area (Å²) < 4.78 is 13.7. The Morgan fingerprint density at radius 3 is 2.68 bits per heavy atom. The number of nitrogens with zero attached hydrogens (tertiary/aromatic N) is 1. The van der Waals surface area contributed by atoms with Crippen LogP contribution in [0.1, 0.15) is 27.0 Å². The fourth-order valence-corrected chi connectivity index (χ4v) is 2.27. The van der Waals surface area contributed by atoms with Crippen LogP contribution in [0.15, 0.2) is 36.4 Å². The molecule has 0 aliphatic heterocycles. The number of hydrogen-bond acceptors (Lipinski definition) is 3. The van der Waals surface area contributed by atoms with Crippen molar-refractivity contribution in [3.63, 3.8) is 0 Å². The molecule has 2 rings (SSSR count). The highest BCUT2D eigenvalue weighted by molar-refractivity contribution is 5.98. The van der Waals surface area contributed by atoms with E-state index in [1.54, 1.807) is 25.1 Å². The lowest BCUT2D eigenvalue weighted by Crippen LogP contribution is -2.29. The molecule has 128 valence electrons. The molecule has 0 aliphatic rings. The van der Waals surface area contributed by atoms with Gasteiger partial charge in [-0.15, -0.1) is 0 Å². The van der Waals surface area contributed by atoms with Gasteiger partial charge in [-0.05, 0) is 42.8 Å². The van der Waals surface area contributed by atoms with Crippen molar-refractivity contribution in [3.8, 4) is 6.07 Å². The summed E-state index contributed by atoms with van der Waals surface area (Å²) in [6.45, 7) is 1.65. The number of benzene rings is 2. The molecule has 0 saturated heterocycles. The number of hydrogen-bond donors (Lipinski definition) is 3. The Hall–Kier alpha value is -3.40. The molecule has 0 fully saturated rings. The zero-order valence-electron chi connectivity index (χ0n) is 13.8. The van der Waals surface area contributed by atoms with Crippen molar-refractivity contribution in [1.82, 2.24) is 10.6 Å². The Bertz CT molecular complexity index is 859. The Balaban J connectivity index is 2.07. The number of rotatable bonds is 4. The van der Waals surface area contributed by atoms with E-state index in [-0.39, 0.29) is 18.0 Å². The average Bonchev–Trinajstić information content (AvgIpc) is 2.62. The van der Waals surface area contributed by atoms with Gasteiger partial charge in [0.05, 0.1) is 11.6 Å². The fraction of sp³-hybridized carbons (Fsp3) is 0.167. The van der Waals surface area contributed by atoms with Gasteiger partial charge in [0, 0.05) is 30.4 Å². The predicted octanol–water partition coefficient (Wildman–Crippen LogP) is 2.69. The summed E-state index contributed by atoms with van der Waals surface area (Å²) in [6, 6.07) is 10.3. The molecule has 0 atom stereocenters. The van der Waals surface area contributed by atoms with E-state index >= 15 is 0 Å². The van der Waals surface area contributed by atoms with Gasteiger partial charge in [-0.3, -0.25) is 4.79 Å². The van der Waals surface area contributed by atoms with Crippen molar-refractivity contribution >= 4 is 17.6 Å². The minimum Gasteiger partial charge on any atom is -0.355 e. The van der Waals surface area contributed by atoms with E-state index in [9.17, 15) is 14.0 Å². The second-order valence-electron chi connectivity index (χ2n) is 5.28. The third kappa shape index (κ3) is 4.32. The molecular weight excluding hydrogens is 323 g/mol. The minimum absolute atomic E-state index is 0.0681. The van der Waals surface area contributed by atoms with Crippen LogP contribution in [0.25, 0.3) is 0 Å². The van der Waals surface area contributed by atoms with Crippen LogP contribution in [0, 0.1) is 24.1 Å². The van der Waals surface area contributed by atoms with Crippen molar-refractivity contribution in [3.05, 3.63) is 64.5 Å². The smallest absolute Gasteiger partial charge is 0.319 e. The molecule has 3 amide bonds. The summed E-state index contributed by atoms with van der Waals surface area (Å²) in [5.74, 6) is -0.756. The number of urea groups is 1. The van der Waals surface area contributed by atoms with E-state index < -0.39 is 11.8 Å². The molecule has 2 aromatic carbocycles. The maximum Gasteiger partial charge on any atom is 0.319 e. The topological polar surface area (TPSA) is 94.0 Å². The number of nitrogens with one attached hydrogen (secondary N) is 3. The van der Waals surface area contributed by atoms with Crippen LogP contribution in [0.3, 0.4) is 0 Å². The quantitative estimate of drug-likeness (QED) is 0.799. The van der Waals surface area contributed by atoms with Crippen molar-refractivity contribution in [1.29, 1.82) is 5.26 Å². The summed E-state index contributed by atoms with van der Waals surface area (Å²) in [6.07, 6.45) is 0. The average molecular weight is 340 g/mol. The number of nitriles is 1. The van der Waals surface area contributed by atoms with Gasteiger partial charge in [0.15, 0.2) is 0 Å². The minimum atomic E-state index is -0.543. The molecule has 0 aromatic heterocycles. The van der Waals surface area contributed by atoms with E-state index in [1.165, 1.54) is 25.2 Å². The van der Waals surface area contributed by atoms with Crippen LogP contribution in [0.2, 0.25) is 0 Å². The largest absolute Gasteiger partial charge is 0.355 e. The van der Waals surface area contributed by atoms with Crippen LogP contribution in [-0.2, 0) is 6.54 Å². The molecule has 0 spiro atoms. The van der Waals surface area contributed by atoms with Crippen LogP contribution >= 0.6 is 0 Å². The third-order valence-electron chi connectivity index (χ3n) is 3.67. The SMILES string of the molecule is CNC(=O)c1cccc(NC(=O)NCc2cc(C#N)ccc2F)c1C. The maximum atomic E-state index is 13.7. The highest BCUT2D eigenvalue weighted by Crippen LogP contribution is 2.19. The van der Waals surface area contributed by atoms with Crippen molar-refractivity contribution < 1.29 is 14.0 Å². The number of halogens is 1. The summed E-state index contributed by atoms with van der Waals surface area (Å²) in [7, 11) is 1.53.